The van der Waals surface area contributed by atoms with Crippen LogP contribution in [0.15, 0.2) is 84.9 Å². The van der Waals surface area contributed by atoms with E-state index in [9.17, 15) is 0 Å². The first-order chi connectivity index (χ1) is 18.2. The van der Waals surface area contributed by atoms with Crippen molar-refractivity contribution in [2.45, 2.75) is 75.7 Å². The van der Waals surface area contributed by atoms with Gasteiger partial charge in [-0.3, -0.25) is 0 Å². The van der Waals surface area contributed by atoms with Crippen molar-refractivity contribution in [1.82, 2.24) is 0 Å². The van der Waals surface area contributed by atoms with Crippen molar-refractivity contribution in [3.05, 3.63) is 107 Å². The molecule has 0 spiro atoms. The summed E-state index contributed by atoms with van der Waals surface area (Å²) >= 11 is 0. The van der Waals surface area contributed by atoms with E-state index in [4.69, 9.17) is 0 Å². The van der Waals surface area contributed by atoms with Crippen LogP contribution in [0.5, 0.6) is 0 Å². The fourth-order valence-corrected chi connectivity index (χ4v) is 5.15. The summed E-state index contributed by atoms with van der Waals surface area (Å²) in [6.07, 6.45) is 1.03. The van der Waals surface area contributed by atoms with Crippen molar-refractivity contribution < 1.29 is 0 Å². The molecule has 5 aromatic rings. The molecule has 0 saturated carbocycles. The molecule has 0 aromatic heterocycles. The van der Waals surface area contributed by atoms with E-state index < -0.39 is 0 Å². The highest BCUT2D eigenvalue weighted by molar-refractivity contribution is 6.15. The van der Waals surface area contributed by atoms with Crippen molar-refractivity contribution in [2.24, 2.45) is 0 Å². The minimum atomic E-state index is 1.03. The lowest BCUT2D eigenvalue weighted by atomic mass is 9.88. The fraction of sp³-hybridized carbons (Fsp3) is 0.297. The van der Waals surface area contributed by atoms with Gasteiger partial charge in [-0.25, -0.2) is 0 Å². The topological polar surface area (TPSA) is 0 Å². The standard InChI is InChI=1S/C29H22.4C2H6/c1-18-11-13-25-21(15-18)17-22-16-20(12-14-26(22)25)29-27-9-5-3-7-23(27)19(2)24-8-4-6-10-28(24)29;4*1-2/h3-16H,17H2,1-2H3;4*1-2H3. The van der Waals surface area contributed by atoms with Crippen LogP contribution >= 0.6 is 0 Å². The molecule has 194 valence electrons. The first kappa shape index (κ1) is 29.8. The Hall–Kier alpha value is -3.38. The average Bonchev–Trinajstić information content (AvgIpc) is 3.34. The Morgan fingerprint density at radius 2 is 0.892 bits per heavy atom. The Bertz CT molecular complexity index is 1380. The second-order valence-electron chi connectivity index (χ2n) is 8.30. The summed E-state index contributed by atoms with van der Waals surface area (Å²) in [5.41, 5.74) is 11.1. The van der Waals surface area contributed by atoms with Crippen molar-refractivity contribution in [3.63, 3.8) is 0 Å². The van der Waals surface area contributed by atoms with Crippen LogP contribution in [0.1, 0.15) is 77.6 Å². The van der Waals surface area contributed by atoms with Gasteiger partial charge in [-0.15, -0.1) is 0 Å². The minimum Gasteiger partial charge on any atom is -0.0683 e. The Labute approximate surface area is 226 Å². The third-order valence-electron chi connectivity index (χ3n) is 6.53. The van der Waals surface area contributed by atoms with E-state index >= 15 is 0 Å². The molecular formula is C37H46. The van der Waals surface area contributed by atoms with Gasteiger partial charge in [-0.1, -0.05) is 146 Å². The first-order valence-electron chi connectivity index (χ1n) is 14.3. The fourth-order valence-electron chi connectivity index (χ4n) is 5.15. The zero-order chi connectivity index (χ0) is 27.5. The molecule has 0 nitrogen and oxygen atoms in total. The van der Waals surface area contributed by atoms with E-state index in [0.717, 1.165) is 6.42 Å². The quantitative estimate of drug-likeness (QED) is 0.201. The molecule has 0 heteroatoms. The molecule has 0 radical (unpaired) electrons. The molecule has 1 aliphatic carbocycles. The molecule has 0 heterocycles. The molecule has 0 fully saturated rings. The number of aryl methyl sites for hydroxylation is 2. The van der Waals surface area contributed by atoms with E-state index in [1.165, 1.54) is 66.1 Å². The van der Waals surface area contributed by atoms with Crippen LogP contribution in [0.2, 0.25) is 0 Å². The summed E-state index contributed by atoms with van der Waals surface area (Å²) in [7, 11) is 0. The van der Waals surface area contributed by atoms with E-state index in [-0.39, 0.29) is 0 Å². The van der Waals surface area contributed by atoms with E-state index in [1.54, 1.807) is 0 Å². The highest BCUT2D eigenvalue weighted by atomic mass is 14.2. The lowest BCUT2D eigenvalue weighted by molar-refractivity contribution is 1.25. The summed E-state index contributed by atoms with van der Waals surface area (Å²) in [4.78, 5) is 0. The molecular weight excluding hydrogens is 444 g/mol. The molecule has 0 N–H and O–H groups in total. The van der Waals surface area contributed by atoms with Crippen LogP contribution in [-0.2, 0) is 6.42 Å². The lowest BCUT2D eigenvalue weighted by Gasteiger charge is -2.16. The lowest BCUT2D eigenvalue weighted by Crippen LogP contribution is -1.90. The molecule has 0 amide bonds. The average molecular weight is 491 g/mol. The van der Waals surface area contributed by atoms with Gasteiger partial charge in [0.05, 0.1) is 0 Å². The maximum Gasteiger partial charge on any atom is -0.00131 e. The molecule has 0 unspecified atom stereocenters. The predicted molar refractivity (Wildman–Crippen MR) is 170 cm³/mol. The maximum absolute atomic E-state index is 2.42. The Kier molecular flexibility index (Phi) is 11.6. The molecule has 0 saturated heterocycles. The van der Waals surface area contributed by atoms with Gasteiger partial charge in [0.25, 0.3) is 0 Å². The highest BCUT2D eigenvalue weighted by Gasteiger charge is 2.20. The van der Waals surface area contributed by atoms with E-state index in [0.29, 0.717) is 0 Å². The molecule has 0 atom stereocenters. The van der Waals surface area contributed by atoms with Crippen molar-refractivity contribution in [3.8, 4) is 22.3 Å². The number of fused-ring (bicyclic) bond motifs is 5. The number of hydrogen-bond donors (Lipinski definition) is 0. The van der Waals surface area contributed by atoms with Crippen molar-refractivity contribution in [1.29, 1.82) is 0 Å². The molecule has 0 bridgehead atoms. The number of benzene rings is 5. The third kappa shape index (κ3) is 5.80. The number of rotatable bonds is 1. The zero-order valence-electron chi connectivity index (χ0n) is 24.8. The van der Waals surface area contributed by atoms with Crippen LogP contribution in [-0.4, -0.2) is 0 Å². The second-order valence-corrected chi connectivity index (χ2v) is 8.30. The van der Waals surface area contributed by atoms with Gasteiger partial charge in [0.1, 0.15) is 0 Å². The highest BCUT2D eigenvalue weighted by Crippen LogP contribution is 2.43. The summed E-state index contributed by atoms with van der Waals surface area (Å²) in [5.74, 6) is 0. The van der Waals surface area contributed by atoms with Gasteiger partial charge >= 0.3 is 0 Å². The van der Waals surface area contributed by atoms with Crippen LogP contribution < -0.4 is 0 Å². The van der Waals surface area contributed by atoms with Crippen molar-refractivity contribution >= 4 is 21.5 Å². The predicted octanol–water partition coefficient (Wildman–Crippen LogP) is 12.0. The van der Waals surface area contributed by atoms with Gasteiger partial charge in [-0.05, 0) is 80.8 Å². The second kappa shape index (κ2) is 14.4. The Morgan fingerprint density at radius 1 is 0.459 bits per heavy atom. The molecule has 37 heavy (non-hydrogen) atoms. The van der Waals surface area contributed by atoms with Crippen LogP contribution in [0.25, 0.3) is 43.8 Å². The normalized spacial score (nSPS) is 10.3. The largest absolute Gasteiger partial charge is 0.0683 e. The summed E-state index contributed by atoms with van der Waals surface area (Å²) < 4.78 is 0. The monoisotopic (exact) mass is 490 g/mol. The summed E-state index contributed by atoms with van der Waals surface area (Å²) in [5, 5.41) is 5.38. The first-order valence-corrected chi connectivity index (χ1v) is 14.3. The van der Waals surface area contributed by atoms with Gasteiger partial charge in [0.15, 0.2) is 0 Å². The Balaban J connectivity index is 0.000000553. The van der Waals surface area contributed by atoms with E-state index in [2.05, 4.69) is 98.8 Å². The van der Waals surface area contributed by atoms with Crippen LogP contribution in [0, 0.1) is 13.8 Å². The summed E-state index contributed by atoms with van der Waals surface area (Å²) in [6, 6.07) is 31.6. The molecule has 6 rings (SSSR count). The van der Waals surface area contributed by atoms with Crippen LogP contribution in [0.3, 0.4) is 0 Å². The number of hydrogen-bond acceptors (Lipinski definition) is 0. The molecule has 5 aromatic carbocycles. The van der Waals surface area contributed by atoms with Gasteiger partial charge in [-0.2, -0.15) is 0 Å². The minimum absolute atomic E-state index is 1.03. The summed E-state index contributed by atoms with van der Waals surface area (Å²) in [6.45, 7) is 20.4. The zero-order valence-corrected chi connectivity index (χ0v) is 24.8. The molecule has 0 aliphatic heterocycles. The van der Waals surface area contributed by atoms with Crippen molar-refractivity contribution in [2.75, 3.05) is 0 Å². The van der Waals surface area contributed by atoms with Gasteiger partial charge in [0.2, 0.25) is 0 Å². The smallest absolute Gasteiger partial charge is 0.00131 e. The van der Waals surface area contributed by atoms with Crippen LogP contribution in [0.4, 0.5) is 0 Å². The van der Waals surface area contributed by atoms with E-state index in [1.807, 2.05) is 55.4 Å². The molecule has 1 aliphatic rings. The SMILES string of the molecule is CC.CC.CC.CC.Cc1ccc2c(c1)Cc1cc(-c3c4ccccc4c(C)c4ccccc34)ccc1-2. The van der Waals surface area contributed by atoms with Gasteiger partial charge < -0.3 is 0 Å². The third-order valence-corrected chi connectivity index (χ3v) is 6.53. The van der Waals surface area contributed by atoms with Gasteiger partial charge in [0, 0.05) is 0 Å². The Morgan fingerprint density at radius 3 is 1.41 bits per heavy atom. The maximum atomic E-state index is 2.42.